The highest BCUT2D eigenvalue weighted by Crippen LogP contribution is 2.30. The van der Waals surface area contributed by atoms with E-state index in [0.717, 1.165) is 15.4 Å². The van der Waals surface area contributed by atoms with Gasteiger partial charge in [0.05, 0.1) is 5.75 Å². The number of thiazole rings is 1. The summed E-state index contributed by atoms with van der Waals surface area (Å²) in [5.41, 5.74) is 0.788. The van der Waals surface area contributed by atoms with Gasteiger partial charge in [-0.3, -0.25) is 9.36 Å². The number of anilines is 1. The summed E-state index contributed by atoms with van der Waals surface area (Å²) in [6.07, 6.45) is 1.65. The van der Waals surface area contributed by atoms with Crippen molar-refractivity contribution in [2.75, 3.05) is 11.1 Å². The topological polar surface area (TPSA) is 85.8 Å². The molecule has 3 heterocycles. The fourth-order valence-corrected chi connectivity index (χ4v) is 4.28. The molecule has 0 atom stereocenters. The summed E-state index contributed by atoms with van der Waals surface area (Å²) >= 11 is 6.18. The van der Waals surface area contributed by atoms with Crippen LogP contribution in [0.4, 0.5) is 5.13 Å². The Morgan fingerprint density at radius 2 is 2.26 bits per heavy atom. The fourth-order valence-electron chi connectivity index (χ4n) is 2.56. The van der Waals surface area contributed by atoms with Crippen LogP contribution in [0.2, 0.25) is 0 Å². The van der Waals surface area contributed by atoms with Gasteiger partial charge in [0.25, 0.3) is 0 Å². The molecule has 3 aromatic heterocycles. The second-order valence-electron chi connectivity index (χ2n) is 5.52. The Morgan fingerprint density at radius 3 is 3.04 bits per heavy atom. The number of carbonyl (C=O) groups is 1. The molecule has 1 N–H and O–H groups in total. The number of fused-ring (bicyclic) bond motifs is 1. The van der Waals surface area contributed by atoms with Gasteiger partial charge in [-0.25, -0.2) is 4.98 Å². The quantitative estimate of drug-likeness (QED) is 0.418. The first-order chi connectivity index (χ1) is 13.1. The lowest BCUT2D eigenvalue weighted by molar-refractivity contribution is -0.113. The van der Waals surface area contributed by atoms with E-state index < -0.39 is 0 Å². The van der Waals surface area contributed by atoms with E-state index in [-0.39, 0.29) is 11.7 Å². The van der Waals surface area contributed by atoms with Crippen molar-refractivity contribution in [3.63, 3.8) is 0 Å². The lowest BCUT2D eigenvalue weighted by atomic mass is 10.2. The molecular formula is C17H14BrN5O2S2. The summed E-state index contributed by atoms with van der Waals surface area (Å²) in [5.74, 6) is 1.39. The van der Waals surface area contributed by atoms with Crippen LogP contribution in [0, 0.1) is 0 Å². The molecule has 0 saturated carbocycles. The molecule has 0 aliphatic rings. The fraction of sp³-hybridized carbons (Fsp3) is 0.176. The van der Waals surface area contributed by atoms with Crippen LogP contribution in [0.3, 0.4) is 0 Å². The summed E-state index contributed by atoms with van der Waals surface area (Å²) in [6.45, 7) is 2.67. The number of nitrogens with one attached hydrogen (secondary N) is 1. The SMILES string of the molecule is CCn1c(SCC(=O)Nc2nccs2)nnc1-c1cc2cc(Br)ccc2o1. The van der Waals surface area contributed by atoms with Crippen LogP contribution in [0.1, 0.15) is 6.92 Å². The Labute approximate surface area is 171 Å². The van der Waals surface area contributed by atoms with Crippen LogP contribution in [0.5, 0.6) is 0 Å². The lowest BCUT2D eigenvalue weighted by Gasteiger charge is -2.05. The zero-order valence-corrected chi connectivity index (χ0v) is 17.4. The Morgan fingerprint density at radius 1 is 1.37 bits per heavy atom. The van der Waals surface area contributed by atoms with Gasteiger partial charge in [-0.15, -0.1) is 21.5 Å². The molecule has 0 radical (unpaired) electrons. The van der Waals surface area contributed by atoms with Crippen molar-refractivity contribution in [1.82, 2.24) is 19.7 Å². The van der Waals surface area contributed by atoms with E-state index in [4.69, 9.17) is 4.42 Å². The Hall–Kier alpha value is -2.17. The maximum absolute atomic E-state index is 12.1. The molecule has 4 rings (SSSR count). The van der Waals surface area contributed by atoms with Crippen LogP contribution in [0.15, 0.2) is 49.9 Å². The van der Waals surface area contributed by atoms with E-state index in [9.17, 15) is 4.79 Å². The molecule has 0 aliphatic carbocycles. The molecule has 7 nitrogen and oxygen atoms in total. The normalized spacial score (nSPS) is 11.2. The number of hydrogen-bond donors (Lipinski definition) is 1. The Kier molecular flexibility index (Phi) is 5.28. The monoisotopic (exact) mass is 463 g/mol. The second-order valence-corrected chi connectivity index (χ2v) is 8.27. The molecule has 10 heteroatoms. The number of thioether (sulfide) groups is 1. The number of halogens is 1. The molecule has 0 fully saturated rings. The summed E-state index contributed by atoms with van der Waals surface area (Å²) < 4.78 is 8.85. The van der Waals surface area contributed by atoms with Crippen molar-refractivity contribution in [3.05, 3.63) is 40.3 Å². The molecule has 0 spiro atoms. The van der Waals surface area contributed by atoms with Crippen molar-refractivity contribution in [2.24, 2.45) is 0 Å². The molecule has 0 bridgehead atoms. The third-order valence-corrected chi connectivity index (χ3v) is 5.89. The van der Waals surface area contributed by atoms with Gasteiger partial charge in [-0.1, -0.05) is 27.7 Å². The van der Waals surface area contributed by atoms with E-state index in [1.165, 1.54) is 23.1 Å². The Balaban J connectivity index is 1.53. The largest absolute Gasteiger partial charge is 0.453 e. The van der Waals surface area contributed by atoms with Crippen LogP contribution in [-0.4, -0.2) is 31.4 Å². The third kappa shape index (κ3) is 3.92. The highest BCUT2D eigenvalue weighted by Gasteiger charge is 2.18. The van der Waals surface area contributed by atoms with E-state index in [2.05, 4.69) is 36.4 Å². The number of rotatable bonds is 6. The zero-order chi connectivity index (χ0) is 18.8. The molecule has 1 amide bonds. The van der Waals surface area contributed by atoms with E-state index in [1.807, 2.05) is 41.1 Å². The number of nitrogens with zero attached hydrogens (tertiary/aromatic N) is 4. The van der Waals surface area contributed by atoms with Crippen molar-refractivity contribution in [2.45, 2.75) is 18.6 Å². The second kappa shape index (κ2) is 7.83. The van der Waals surface area contributed by atoms with Crippen molar-refractivity contribution >= 4 is 61.0 Å². The van der Waals surface area contributed by atoms with Crippen LogP contribution < -0.4 is 5.32 Å². The molecule has 138 valence electrons. The number of hydrogen-bond acceptors (Lipinski definition) is 7. The molecular weight excluding hydrogens is 450 g/mol. The predicted molar refractivity (Wildman–Crippen MR) is 110 cm³/mol. The molecule has 27 heavy (non-hydrogen) atoms. The zero-order valence-electron chi connectivity index (χ0n) is 14.2. The summed E-state index contributed by atoms with van der Waals surface area (Å²) in [4.78, 5) is 16.1. The smallest absolute Gasteiger partial charge is 0.236 e. The van der Waals surface area contributed by atoms with Gasteiger partial charge in [0.2, 0.25) is 11.7 Å². The maximum Gasteiger partial charge on any atom is 0.236 e. The van der Waals surface area contributed by atoms with Gasteiger partial charge in [-0.2, -0.15) is 0 Å². The van der Waals surface area contributed by atoms with Gasteiger partial charge >= 0.3 is 0 Å². The third-order valence-electron chi connectivity index (χ3n) is 3.74. The number of benzene rings is 1. The standard InChI is InChI=1S/C17H14BrN5O2S2/c1-2-23-15(13-8-10-7-11(18)3-4-12(10)25-13)21-22-17(23)27-9-14(24)20-16-19-5-6-26-16/h3-8H,2,9H2,1H3,(H,19,20,24). The molecule has 0 saturated heterocycles. The first kappa shape index (κ1) is 18.2. The van der Waals surface area contributed by atoms with Crippen LogP contribution in [0.25, 0.3) is 22.6 Å². The molecule has 4 aromatic rings. The van der Waals surface area contributed by atoms with Gasteiger partial charge in [-0.05, 0) is 31.2 Å². The van der Waals surface area contributed by atoms with E-state index in [0.29, 0.717) is 28.4 Å². The molecule has 1 aromatic carbocycles. The molecule has 0 aliphatic heterocycles. The first-order valence-corrected chi connectivity index (χ1v) is 10.7. The number of furan rings is 1. The highest BCUT2D eigenvalue weighted by atomic mass is 79.9. The summed E-state index contributed by atoms with van der Waals surface area (Å²) in [5, 5.41) is 15.3. The first-order valence-electron chi connectivity index (χ1n) is 8.09. The van der Waals surface area contributed by atoms with E-state index in [1.54, 1.807) is 6.20 Å². The Bertz CT molecular complexity index is 1090. The molecule has 0 unspecified atom stereocenters. The minimum absolute atomic E-state index is 0.129. The number of carbonyl (C=O) groups excluding carboxylic acids is 1. The summed E-state index contributed by atoms with van der Waals surface area (Å²) in [6, 6.07) is 7.78. The summed E-state index contributed by atoms with van der Waals surface area (Å²) in [7, 11) is 0. The average molecular weight is 464 g/mol. The maximum atomic E-state index is 12.1. The predicted octanol–water partition coefficient (Wildman–Crippen LogP) is 4.66. The van der Waals surface area contributed by atoms with Crippen molar-refractivity contribution < 1.29 is 9.21 Å². The van der Waals surface area contributed by atoms with Gasteiger partial charge in [0, 0.05) is 28.0 Å². The number of amides is 1. The average Bonchev–Trinajstić information content (AvgIpc) is 3.38. The van der Waals surface area contributed by atoms with E-state index >= 15 is 0 Å². The minimum Gasteiger partial charge on any atom is -0.453 e. The number of aromatic nitrogens is 4. The van der Waals surface area contributed by atoms with Crippen molar-refractivity contribution in [1.29, 1.82) is 0 Å². The van der Waals surface area contributed by atoms with Crippen molar-refractivity contribution in [3.8, 4) is 11.6 Å². The van der Waals surface area contributed by atoms with Crippen LogP contribution in [-0.2, 0) is 11.3 Å². The van der Waals surface area contributed by atoms with Gasteiger partial charge in [0.1, 0.15) is 5.58 Å². The van der Waals surface area contributed by atoms with Crippen LogP contribution >= 0.6 is 39.0 Å². The van der Waals surface area contributed by atoms with Gasteiger partial charge in [0.15, 0.2) is 16.0 Å². The minimum atomic E-state index is -0.129. The highest BCUT2D eigenvalue weighted by molar-refractivity contribution is 9.10. The lowest BCUT2D eigenvalue weighted by Crippen LogP contribution is -2.14. The van der Waals surface area contributed by atoms with Gasteiger partial charge < -0.3 is 9.73 Å².